The van der Waals surface area contributed by atoms with Crippen LogP contribution in [0.25, 0.3) is 10.9 Å². The van der Waals surface area contributed by atoms with Gasteiger partial charge in [0.05, 0.1) is 11.4 Å². The number of amidine groups is 1. The standard InChI is InChI=1S/C19H23ClN6O/c1-10(2)13-8-18(25-24-13)23-16(21)9-17(22)27-15-6-5-14-12(19(15)20)7-11(3)26(14)4/h5-8,10,22H,9H2,1-4H3,(H3,21,23,24,25). The number of nitrogens with two attached hydrogens (primary N) is 1. The Labute approximate surface area is 162 Å². The molecular formula is C19H23ClN6O. The van der Waals surface area contributed by atoms with Crippen LogP contribution in [-0.4, -0.2) is 26.5 Å². The van der Waals surface area contributed by atoms with Crippen molar-refractivity contribution in [1.82, 2.24) is 14.8 Å². The largest absolute Gasteiger partial charge is 0.442 e. The molecule has 0 aliphatic rings. The van der Waals surface area contributed by atoms with Crippen molar-refractivity contribution in [3.05, 3.63) is 40.7 Å². The minimum atomic E-state index is -0.0372. The van der Waals surface area contributed by atoms with Crippen LogP contribution < -0.4 is 10.5 Å². The first-order valence-electron chi connectivity index (χ1n) is 8.64. The van der Waals surface area contributed by atoms with Gasteiger partial charge in [-0.25, -0.2) is 4.99 Å². The van der Waals surface area contributed by atoms with Gasteiger partial charge in [0.15, 0.2) is 11.7 Å². The van der Waals surface area contributed by atoms with Gasteiger partial charge in [0.2, 0.25) is 0 Å². The number of nitrogens with zero attached hydrogens (tertiary/aromatic N) is 3. The lowest BCUT2D eigenvalue weighted by atomic mass is 10.1. The summed E-state index contributed by atoms with van der Waals surface area (Å²) in [6, 6.07) is 7.51. The number of fused-ring (bicyclic) bond motifs is 1. The number of hydrogen-bond acceptors (Lipinski definition) is 4. The molecule has 0 saturated carbocycles. The molecule has 3 aromatic rings. The molecule has 0 radical (unpaired) electrons. The van der Waals surface area contributed by atoms with Crippen molar-refractivity contribution < 1.29 is 4.74 Å². The molecule has 0 amide bonds. The Morgan fingerprint density at radius 2 is 2.15 bits per heavy atom. The topological polar surface area (TPSA) is 105 Å². The summed E-state index contributed by atoms with van der Waals surface area (Å²) in [5, 5.41) is 16.5. The molecule has 3 rings (SSSR count). The summed E-state index contributed by atoms with van der Waals surface area (Å²) in [5.41, 5.74) is 9.02. The number of aliphatic imine (C=N–C) groups is 1. The van der Waals surface area contributed by atoms with E-state index in [1.54, 1.807) is 6.07 Å². The van der Waals surface area contributed by atoms with Gasteiger partial charge < -0.3 is 15.0 Å². The molecule has 4 N–H and O–H groups in total. The van der Waals surface area contributed by atoms with Crippen molar-refractivity contribution in [2.45, 2.75) is 33.1 Å². The SMILES string of the molecule is Cc1cc2c(Cl)c(OC(=N)CC(N)=Nc3cc(C(C)C)[nH]n3)ccc2n1C. The number of nitrogens with one attached hydrogen (secondary N) is 2. The molecule has 27 heavy (non-hydrogen) atoms. The van der Waals surface area contributed by atoms with E-state index in [0.717, 1.165) is 22.3 Å². The summed E-state index contributed by atoms with van der Waals surface area (Å²) < 4.78 is 7.66. The number of aromatic nitrogens is 3. The maximum atomic E-state index is 8.07. The van der Waals surface area contributed by atoms with Crippen molar-refractivity contribution >= 4 is 40.1 Å². The zero-order chi connectivity index (χ0) is 19.7. The molecular weight excluding hydrogens is 364 g/mol. The van der Waals surface area contributed by atoms with Crippen molar-refractivity contribution in [1.29, 1.82) is 5.41 Å². The second-order valence-electron chi connectivity index (χ2n) is 6.80. The Morgan fingerprint density at radius 1 is 1.41 bits per heavy atom. The van der Waals surface area contributed by atoms with Crippen LogP contribution in [0, 0.1) is 12.3 Å². The van der Waals surface area contributed by atoms with Gasteiger partial charge in [-0.1, -0.05) is 25.4 Å². The first kappa shape index (κ1) is 19.0. The number of ether oxygens (including phenoxy) is 1. The molecule has 0 unspecified atom stereocenters. The third-order valence-electron chi connectivity index (χ3n) is 4.40. The van der Waals surface area contributed by atoms with Crippen LogP contribution in [0.2, 0.25) is 5.02 Å². The Bertz CT molecular complexity index is 1030. The number of halogens is 1. The molecule has 0 fully saturated rings. The number of rotatable bonds is 5. The summed E-state index contributed by atoms with van der Waals surface area (Å²) in [6.07, 6.45) is 0.0616. The van der Waals surface area contributed by atoms with Gasteiger partial charge in [0.1, 0.15) is 11.6 Å². The van der Waals surface area contributed by atoms with Crippen LogP contribution in [0.1, 0.15) is 37.6 Å². The van der Waals surface area contributed by atoms with Crippen molar-refractivity contribution in [2.24, 2.45) is 17.8 Å². The van der Waals surface area contributed by atoms with E-state index in [0.29, 0.717) is 22.5 Å². The van der Waals surface area contributed by atoms with Crippen LogP contribution in [0.5, 0.6) is 5.75 Å². The van der Waals surface area contributed by atoms with E-state index in [1.165, 1.54) is 0 Å². The number of hydrogen-bond donors (Lipinski definition) is 3. The van der Waals surface area contributed by atoms with E-state index >= 15 is 0 Å². The van der Waals surface area contributed by atoms with Crippen molar-refractivity contribution in [2.75, 3.05) is 0 Å². The van der Waals surface area contributed by atoms with Crippen LogP contribution in [0.4, 0.5) is 5.82 Å². The molecule has 0 spiro atoms. The molecule has 0 aliphatic heterocycles. The van der Waals surface area contributed by atoms with E-state index in [9.17, 15) is 0 Å². The van der Waals surface area contributed by atoms with Crippen molar-refractivity contribution in [3.8, 4) is 5.75 Å². The van der Waals surface area contributed by atoms with E-state index in [4.69, 9.17) is 27.5 Å². The normalized spacial score (nSPS) is 12.1. The minimum absolute atomic E-state index is 0.0372. The molecule has 7 nitrogen and oxygen atoms in total. The zero-order valence-corrected chi connectivity index (χ0v) is 16.6. The maximum Gasteiger partial charge on any atom is 0.195 e. The lowest BCUT2D eigenvalue weighted by Gasteiger charge is -2.09. The summed E-state index contributed by atoms with van der Waals surface area (Å²) in [6.45, 7) is 6.13. The Kier molecular flexibility index (Phi) is 5.23. The average molecular weight is 387 g/mol. The van der Waals surface area contributed by atoms with Gasteiger partial charge in [-0.2, -0.15) is 5.10 Å². The predicted molar refractivity (Wildman–Crippen MR) is 110 cm³/mol. The Hall–Kier alpha value is -2.80. The molecule has 2 heterocycles. The summed E-state index contributed by atoms with van der Waals surface area (Å²) >= 11 is 6.46. The zero-order valence-electron chi connectivity index (χ0n) is 15.8. The third-order valence-corrected chi connectivity index (χ3v) is 4.79. The highest BCUT2D eigenvalue weighted by atomic mass is 35.5. The number of aromatic amines is 1. The first-order valence-corrected chi connectivity index (χ1v) is 9.02. The van der Waals surface area contributed by atoms with E-state index < -0.39 is 0 Å². The van der Waals surface area contributed by atoms with Crippen LogP contribution in [0.15, 0.2) is 29.3 Å². The molecule has 0 atom stereocenters. The third kappa shape index (κ3) is 3.98. The smallest absolute Gasteiger partial charge is 0.195 e. The fourth-order valence-electron chi connectivity index (χ4n) is 2.77. The van der Waals surface area contributed by atoms with Gasteiger partial charge in [-0.3, -0.25) is 10.5 Å². The summed E-state index contributed by atoms with van der Waals surface area (Å²) in [5.74, 6) is 1.44. The average Bonchev–Trinajstić information content (AvgIpc) is 3.16. The lowest BCUT2D eigenvalue weighted by molar-refractivity contribution is 0.537. The van der Waals surface area contributed by atoms with Crippen LogP contribution >= 0.6 is 11.6 Å². The van der Waals surface area contributed by atoms with Gasteiger partial charge in [-0.05, 0) is 31.0 Å². The number of aryl methyl sites for hydroxylation is 2. The summed E-state index contributed by atoms with van der Waals surface area (Å²) in [4.78, 5) is 4.23. The second-order valence-corrected chi connectivity index (χ2v) is 7.17. The molecule has 0 bridgehead atoms. The highest BCUT2D eigenvalue weighted by molar-refractivity contribution is 6.37. The Balaban J connectivity index is 1.72. The molecule has 1 aromatic carbocycles. The van der Waals surface area contributed by atoms with Crippen molar-refractivity contribution in [3.63, 3.8) is 0 Å². The lowest BCUT2D eigenvalue weighted by Crippen LogP contribution is -2.20. The monoisotopic (exact) mass is 386 g/mol. The fraction of sp³-hybridized carbons (Fsp3) is 0.316. The molecule has 0 aliphatic carbocycles. The van der Waals surface area contributed by atoms with E-state index in [-0.39, 0.29) is 18.2 Å². The highest BCUT2D eigenvalue weighted by Gasteiger charge is 2.13. The van der Waals surface area contributed by atoms with Gasteiger partial charge in [0, 0.05) is 35.4 Å². The predicted octanol–water partition coefficient (Wildman–Crippen LogP) is 4.42. The van der Waals surface area contributed by atoms with Gasteiger partial charge in [0.25, 0.3) is 0 Å². The highest BCUT2D eigenvalue weighted by Crippen LogP contribution is 2.34. The minimum Gasteiger partial charge on any atom is -0.442 e. The fourth-order valence-corrected chi connectivity index (χ4v) is 3.02. The molecule has 8 heteroatoms. The van der Waals surface area contributed by atoms with Gasteiger partial charge in [-0.15, -0.1) is 0 Å². The second kappa shape index (κ2) is 7.44. The quantitative estimate of drug-likeness (QED) is 0.446. The Morgan fingerprint density at radius 3 is 2.81 bits per heavy atom. The molecule has 0 saturated heterocycles. The van der Waals surface area contributed by atoms with Crippen LogP contribution in [0.3, 0.4) is 0 Å². The van der Waals surface area contributed by atoms with E-state index in [1.807, 2.05) is 32.2 Å². The van der Waals surface area contributed by atoms with E-state index in [2.05, 4.69) is 33.6 Å². The number of H-pyrrole nitrogens is 1. The van der Waals surface area contributed by atoms with Gasteiger partial charge >= 0.3 is 0 Å². The summed E-state index contributed by atoms with van der Waals surface area (Å²) in [7, 11) is 1.98. The maximum absolute atomic E-state index is 8.07. The van der Waals surface area contributed by atoms with Crippen LogP contribution in [-0.2, 0) is 7.05 Å². The first-order chi connectivity index (χ1) is 12.8. The molecule has 2 aromatic heterocycles. The molecule has 142 valence electrons. The number of benzene rings is 1.